The summed E-state index contributed by atoms with van der Waals surface area (Å²) >= 11 is 6.24. The number of benzene rings is 1. The van der Waals surface area contributed by atoms with E-state index in [1.54, 1.807) is 0 Å². The van der Waals surface area contributed by atoms with Gasteiger partial charge in [0.15, 0.2) is 9.84 Å². The Balaban J connectivity index is 1.49. The molecule has 2 aliphatic rings. The maximum absolute atomic E-state index is 12.5. The number of nitrogens with zero attached hydrogens (tertiary/aromatic N) is 2. The molecule has 7 heteroatoms. The fourth-order valence-electron chi connectivity index (χ4n) is 4.26. The van der Waals surface area contributed by atoms with Crippen LogP contribution in [0.25, 0.3) is 11.3 Å². The van der Waals surface area contributed by atoms with Gasteiger partial charge in [-0.1, -0.05) is 23.7 Å². The molecule has 5 nitrogen and oxygen atoms in total. The van der Waals surface area contributed by atoms with E-state index in [1.165, 1.54) is 0 Å². The molecule has 0 bridgehead atoms. The Hall–Kier alpha value is -1.34. The molecular weight excluding hydrogens is 372 g/mol. The first-order valence-electron chi connectivity index (χ1n) is 8.79. The lowest BCUT2D eigenvalue weighted by Crippen LogP contribution is -2.37. The summed E-state index contributed by atoms with van der Waals surface area (Å²) in [5.41, 5.74) is 0.869. The van der Waals surface area contributed by atoms with Crippen LogP contribution < -0.4 is 0 Å². The number of hydrogen-bond acceptors (Lipinski definition) is 5. The molecule has 2 fully saturated rings. The second-order valence-electron chi connectivity index (χ2n) is 7.50. The van der Waals surface area contributed by atoms with Crippen LogP contribution in [0.5, 0.6) is 0 Å². The molecule has 140 valence electrons. The van der Waals surface area contributed by atoms with Crippen molar-refractivity contribution in [3.63, 3.8) is 0 Å². The second-order valence-corrected chi connectivity index (χ2v) is 10.2. The Morgan fingerprint density at radius 1 is 1.19 bits per heavy atom. The van der Waals surface area contributed by atoms with Crippen molar-refractivity contribution in [3.8, 4) is 11.3 Å². The average Bonchev–Trinajstić information content (AvgIpc) is 3.25. The number of halogens is 1. The van der Waals surface area contributed by atoms with Crippen LogP contribution >= 0.6 is 11.6 Å². The van der Waals surface area contributed by atoms with Crippen LogP contribution in [0.1, 0.15) is 5.76 Å². The van der Waals surface area contributed by atoms with Gasteiger partial charge < -0.3 is 9.32 Å². The van der Waals surface area contributed by atoms with Crippen LogP contribution in [0.15, 0.2) is 40.8 Å². The number of rotatable bonds is 4. The first-order chi connectivity index (χ1) is 12.3. The minimum atomic E-state index is -3.02. The number of furan rings is 1. The SMILES string of the molecule is CN(C)C1CS(=O)(=O)C2CN(Cc3ccc(-c4ccccc4Cl)o3)CC12. The van der Waals surface area contributed by atoms with E-state index in [1.807, 2.05) is 55.4 Å². The highest BCUT2D eigenvalue weighted by molar-refractivity contribution is 7.92. The van der Waals surface area contributed by atoms with Gasteiger partial charge in [-0.3, -0.25) is 4.90 Å². The number of hydrogen-bond donors (Lipinski definition) is 0. The third kappa shape index (κ3) is 3.20. The Kier molecular flexibility index (Phi) is 4.63. The quantitative estimate of drug-likeness (QED) is 0.798. The molecule has 0 spiro atoms. The van der Waals surface area contributed by atoms with Crippen LogP contribution in [0.3, 0.4) is 0 Å². The van der Waals surface area contributed by atoms with Crippen LogP contribution in [0, 0.1) is 5.92 Å². The largest absolute Gasteiger partial charge is 0.460 e. The Morgan fingerprint density at radius 3 is 2.69 bits per heavy atom. The van der Waals surface area contributed by atoms with Gasteiger partial charge in [0.1, 0.15) is 11.5 Å². The van der Waals surface area contributed by atoms with Crippen molar-refractivity contribution in [1.29, 1.82) is 0 Å². The van der Waals surface area contributed by atoms with Gasteiger partial charge in [0.2, 0.25) is 0 Å². The van der Waals surface area contributed by atoms with Gasteiger partial charge in [0.05, 0.1) is 22.6 Å². The minimum absolute atomic E-state index is 0.102. The fourth-order valence-corrected chi connectivity index (χ4v) is 7.00. The van der Waals surface area contributed by atoms with Gasteiger partial charge in [-0.2, -0.15) is 0 Å². The lowest BCUT2D eigenvalue weighted by Gasteiger charge is -2.24. The highest BCUT2D eigenvalue weighted by atomic mass is 35.5. The van der Waals surface area contributed by atoms with E-state index >= 15 is 0 Å². The summed E-state index contributed by atoms with van der Waals surface area (Å²) in [4.78, 5) is 4.24. The summed E-state index contributed by atoms with van der Waals surface area (Å²) in [5, 5.41) is 0.400. The van der Waals surface area contributed by atoms with Crippen molar-refractivity contribution in [3.05, 3.63) is 47.2 Å². The van der Waals surface area contributed by atoms with Gasteiger partial charge in [-0.15, -0.1) is 0 Å². The zero-order chi connectivity index (χ0) is 18.5. The molecular formula is C19H23ClN2O3S. The minimum Gasteiger partial charge on any atom is -0.460 e. The lowest BCUT2D eigenvalue weighted by molar-refractivity contribution is 0.224. The molecule has 1 aromatic carbocycles. The van der Waals surface area contributed by atoms with Gasteiger partial charge >= 0.3 is 0 Å². The van der Waals surface area contributed by atoms with Crippen LogP contribution in [-0.4, -0.2) is 62.4 Å². The second kappa shape index (κ2) is 6.68. The molecule has 3 heterocycles. The van der Waals surface area contributed by atoms with E-state index in [0.717, 1.165) is 23.6 Å². The van der Waals surface area contributed by atoms with E-state index in [2.05, 4.69) is 4.90 Å². The van der Waals surface area contributed by atoms with Crippen molar-refractivity contribution in [2.75, 3.05) is 32.9 Å². The zero-order valence-corrected chi connectivity index (χ0v) is 16.5. The van der Waals surface area contributed by atoms with Crippen molar-refractivity contribution >= 4 is 21.4 Å². The molecule has 0 radical (unpaired) electrons. The van der Waals surface area contributed by atoms with Crippen molar-refractivity contribution in [2.45, 2.75) is 17.8 Å². The Morgan fingerprint density at radius 2 is 1.96 bits per heavy atom. The Labute approximate surface area is 159 Å². The molecule has 3 unspecified atom stereocenters. The molecule has 2 aromatic rings. The fraction of sp³-hybridized carbons (Fsp3) is 0.474. The molecule has 0 N–H and O–H groups in total. The van der Waals surface area contributed by atoms with Crippen molar-refractivity contribution in [1.82, 2.24) is 9.80 Å². The number of fused-ring (bicyclic) bond motifs is 1. The van der Waals surface area contributed by atoms with Gasteiger partial charge in [0, 0.05) is 30.6 Å². The highest BCUT2D eigenvalue weighted by Crippen LogP contribution is 2.37. The zero-order valence-electron chi connectivity index (χ0n) is 14.9. The predicted molar refractivity (Wildman–Crippen MR) is 103 cm³/mol. The van der Waals surface area contributed by atoms with Crippen molar-refractivity contribution in [2.24, 2.45) is 5.92 Å². The molecule has 0 amide bonds. The van der Waals surface area contributed by atoms with E-state index < -0.39 is 9.84 Å². The first kappa shape index (κ1) is 18.0. The van der Waals surface area contributed by atoms with E-state index in [-0.39, 0.29) is 23.0 Å². The topological polar surface area (TPSA) is 53.8 Å². The molecule has 3 atom stereocenters. The molecule has 0 saturated carbocycles. The highest BCUT2D eigenvalue weighted by Gasteiger charge is 2.52. The molecule has 4 rings (SSSR count). The number of likely N-dealkylation sites (tertiary alicyclic amines) is 1. The standard InChI is InChI=1S/C19H23ClN2O3S/c1-21(2)17-12-26(23,24)19-11-22(10-15(17)19)9-13-7-8-18(25-13)14-5-3-4-6-16(14)20/h3-8,15,17,19H,9-12H2,1-2H3. The maximum atomic E-state index is 12.5. The van der Waals surface area contributed by atoms with Crippen molar-refractivity contribution < 1.29 is 12.8 Å². The summed E-state index contributed by atoms with van der Waals surface area (Å²) in [6.45, 7) is 1.99. The summed E-state index contributed by atoms with van der Waals surface area (Å²) in [6.07, 6.45) is 0. The molecule has 2 aliphatic heterocycles. The van der Waals surface area contributed by atoms with E-state index in [4.69, 9.17) is 16.0 Å². The normalized spacial score (nSPS) is 27.9. The summed E-state index contributed by atoms with van der Waals surface area (Å²) in [6, 6.07) is 11.6. The molecule has 1 aromatic heterocycles. The molecule has 26 heavy (non-hydrogen) atoms. The smallest absolute Gasteiger partial charge is 0.156 e. The average molecular weight is 395 g/mol. The van der Waals surface area contributed by atoms with Crippen LogP contribution in [0.4, 0.5) is 0 Å². The monoisotopic (exact) mass is 394 g/mol. The third-order valence-corrected chi connectivity index (χ3v) is 8.14. The van der Waals surface area contributed by atoms with Gasteiger partial charge in [-0.25, -0.2) is 8.42 Å². The Bertz CT molecular complexity index is 909. The molecule has 2 saturated heterocycles. The summed E-state index contributed by atoms with van der Waals surface area (Å²) in [7, 11) is 0.914. The first-order valence-corrected chi connectivity index (χ1v) is 10.9. The third-order valence-electron chi connectivity index (χ3n) is 5.59. The van der Waals surface area contributed by atoms with Crippen LogP contribution in [-0.2, 0) is 16.4 Å². The maximum Gasteiger partial charge on any atom is 0.156 e. The predicted octanol–water partition coefficient (Wildman–Crippen LogP) is 2.76. The lowest BCUT2D eigenvalue weighted by atomic mass is 10.00. The molecule has 0 aliphatic carbocycles. The summed E-state index contributed by atoms with van der Waals surface area (Å²) in [5.74, 6) is 2.02. The summed E-state index contributed by atoms with van der Waals surface area (Å²) < 4.78 is 31.0. The van der Waals surface area contributed by atoms with Gasteiger partial charge in [0.25, 0.3) is 0 Å². The van der Waals surface area contributed by atoms with Crippen LogP contribution in [0.2, 0.25) is 5.02 Å². The van der Waals surface area contributed by atoms with Gasteiger partial charge in [-0.05, 0) is 38.4 Å². The van der Waals surface area contributed by atoms with E-state index in [9.17, 15) is 8.42 Å². The van der Waals surface area contributed by atoms with E-state index in [0.29, 0.717) is 18.1 Å². The number of sulfone groups is 1.